The SMILES string of the molecule is CCCCCCOc1c2cc(C(C)(C)C)cc1Cc1cc([N+](=O)[O-])cc(c1O)Cc1cc(C(C)(C)C)cc(c1OCCCCCC)Cc1cc([N+](=O)[O-])cc(c1O)C2. The number of phenolic OH excluding ortho intramolecular Hbond substituents is 2. The molecule has 0 saturated carbocycles. The highest BCUT2D eigenvalue weighted by molar-refractivity contribution is 5.60. The summed E-state index contributed by atoms with van der Waals surface area (Å²) in [6.45, 7) is 17.6. The highest BCUT2D eigenvalue weighted by Gasteiger charge is 2.28. The number of nitro groups is 2. The monoisotopic (exact) mass is 794 g/mol. The van der Waals surface area contributed by atoms with Gasteiger partial charge in [-0.15, -0.1) is 0 Å². The summed E-state index contributed by atoms with van der Waals surface area (Å²) >= 11 is 0. The van der Waals surface area contributed by atoms with Gasteiger partial charge in [0.15, 0.2) is 0 Å². The van der Waals surface area contributed by atoms with Gasteiger partial charge in [-0.25, -0.2) is 0 Å². The maximum absolute atomic E-state index is 12.5. The Balaban J connectivity index is 1.85. The molecule has 0 atom stereocenters. The molecule has 0 radical (unpaired) electrons. The van der Waals surface area contributed by atoms with E-state index in [1.807, 2.05) is 24.3 Å². The molecule has 10 heteroatoms. The molecule has 0 aromatic heterocycles. The van der Waals surface area contributed by atoms with Gasteiger partial charge in [0.05, 0.1) is 23.1 Å². The van der Waals surface area contributed by atoms with Gasteiger partial charge in [-0.1, -0.05) is 118 Å². The standard InChI is InChI=1S/C48H62N2O8/c1-9-11-13-15-17-57-45-35-19-31-27-41(49(53)54)29-33(43(31)51)21-37-25-40(48(6,7)8)26-38(46(37)58-18-16-14-12-10-2)22-34-30-42(50(55)56)28-32(44(34)52)20-36(45)24-39(23-35)47(3,4)5/h23-30,51-52H,9-22H2,1-8H3. The van der Waals surface area contributed by atoms with E-state index in [4.69, 9.17) is 9.47 Å². The maximum atomic E-state index is 12.5. The van der Waals surface area contributed by atoms with Crippen molar-refractivity contribution in [3.8, 4) is 23.0 Å². The van der Waals surface area contributed by atoms with Crippen LogP contribution in [0.15, 0.2) is 48.5 Å². The Labute approximate surface area is 343 Å². The van der Waals surface area contributed by atoms with E-state index in [9.17, 15) is 30.4 Å². The molecule has 4 aromatic rings. The lowest BCUT2D eigenvalue weighted by atomic mass is 9.81. The number of nitro benzene ring substituents is 2. The van der Waals surface area contributed by atoms with Gasteiger partial charge < -0.3 is 19.7 Å². The fraction of sp³-hybridized carbons (Fsp3) is 0.500. The minimum atomic E-state index is -0.419. The summed E-state index contributed by atoms with van der Waals surface area (Å²) < 4.78 is 13.2. The smallest absolute Gasteiger partial charge is 0.270 e. The van der Waals surface area contributed by atoms with Crippen molar-refractivity contribution < 1.29 is 29.5 Å². The Bertz CT molecular complexity index is 1880. The molecule has 10 nitrogen and oxygen atoms in total. The van der Waals surface area contributed by atoms with E-state index in [-0.39, 0.29) is 59.4 Å². The second kappa shape index (κ2) is 18.6. The average molecular weight is 795 g/mol. The van der Waals surface area contributed by atoms with E-state index < -0.39 is 9.85 Å². The Morgan fingerprint density at radius 2 is 0.793 bits per heavy atom. The number of ether oxygens (including phenoxy) is 2. The summed E-state index contributed by atoms with van der Waals surface area (Å²) in [4.78, 5) is 24.2. The van der Waals surface area contributed by atoms with Crippen molar-refractivity contribution in [2.45, 2.75) is 143 Å². The van der Waals surface area contributed by atoms with Crippen LogP contribution in [-0.2, 0) is 36.5 Å². The van der Waals surface area contributed by atoms with Crippen LogP contribution in [0.25, 0.3) is 0 Å². The molecular formula is C48H62N2O8. The van der Waals surface area contributed by atoms with Gasteiger partial charge in [-0.2, -0.15) is 0 Å². The zero-order valence-electron chi connectivity index (χ0n) is 35.8. The van der Waals surface area contributed by atoms with Gasteiger partial charge in [-0.3, -0.25) is 20.2 Å². The molecule has 312 valence electrons. The van der Waals surface area contributed by atoms with Gasteiger partial charge in [0.1, 0.15) is 23.0 Å². The van der Waals surface area contributed by atoms with Crippen molar-refractivity contribution in [3.05, 3.63) is 124 Å². The number of nitrogens with zero attached hydrogens (tertiary/aromatic N) is 2. The van der Waals surface area contributed by atoms with Crippen LogP contribution in [0, 0.1) is 20.2 Å². The van der Waals surface area contributed by atoms with E-state index in [1.54, 1.807) is 0 Å². The second-order valence-electron chi connectivity index (χ2n) is 18.0. The largest absolute Gasteiger partial charge is 0.507 e. The number of aromatic hydroxyl groups is 2. The molecule has 8 bridgehead atoms. The molecule has 5 rings (SSSR count). The number of rotatable bonds is 14. The molecule has 58 heavy (non-hydrogen) atoms. The quantitative estimate of drug-likeness (QED) is 0.0642. The number of non-ortho nitro benzene ring substituents is 2. The first-order valence-electron chi connectivity index (χ1n) is 21.0. The lowest BCUT2D eigenvalue weighted by Crippen LogP contribution is -2.15. The van der Waals surface area contributed by atoms with E-state index in [1.165, 1.54) is 24.3 Å². The number of fused-ring (bicyclic) bond motifs is 8. The van der Waals surface area contributed by atoms with E-state index in [0.717, 1.165) is 84.7 Å². The molecule has 0 amide bonds. The van der Waals surface area contributed by atoms with Gasteiger partial charge >= 0.3 is 0 Å². The molecule has 0 fully saturated rings. The summed E-state index contributed by atoms with van der Waals surface area (Å²) in [5.74, 6) is 1.06. The lowest BCUT2D eigenvalue weighted by Gasteiger charge is -2.26. The molecule has 0 unspecified atom stereocenters. The van der Waals surface area contributed by atoms with Crippen molar-refractivity contribution in [1.82, 2.24) is 0 Å². The topological polar surface area (TPSA) is 145 Å². The molecule has 0 heterocycles. The van der Waals surface area contributed by atoms with E-state index in [2.05, 4.69) is 55.4 Å². The fourth-order valence-electron chi connectivity index (χ4n) is 7.73. The first kappa shape index (κ1) is 44.0. The van der Waals surface area contributed by atoms with Gasteiger partial charge in [0, 0.05) is 72.2 Å². The lowest BCUT2D eigenvalue weighted by molar-refractivity contribution is -0.385. The number of hydrogen-bond donors (Lipinski definition) is 2. The van der Waals surface area contributed by atoms with Gasteiger partial charge in [0.25, 0.3) is 11.4 Å². The molecular weight excluding hydrogens is 733 g/mol. The normalized spacial score (nSPS) is 13.0. The third-order valence-corrected chi connectivity index (χ3v) is 11.2. The molecule has 4 aromatic carbocycles. The Morgan fingerprint density at radius 3 is 1.03 bits per heavy atom. The van der Waals surface area contributed by atoms with Crippen LogP contribution in [0.1, 0.15) is 162 Å². The number of phenols is 2. The second-order valence-corrected chi connectivity index (χ2v) is 18.0. The van der Waals surface area contributed by atoms with Crippen LogP contribution < -0.4 is 9.47 Å². The van der Waals surface area contributed by atoms with Crippen molar-refractivity contribution in [3.63, 3.8) is 0 Å². The third-order valence-electron chi connectivity index (χ3n) is 11.2. The van der Waals surface area contributed by atoms with Gasteiger partial charge in [0.2, 0.25) is 0 Å². The summed E-state index contributed by atoms with van der Waals surface area (Å²) in [5, 5.41) is 49.3. The highest BCUT2D eigenvalue weighted by Crippen LogP contribution is 2.43. The number of benzene rings is 4. The van der Waals surface area contributed by atoms with Gasteiger partial charge in [-0.05, 0) is 57.1 Å². The molecule has 0 aliphatic heterocycles. The minimum Gasteiger partial charge on any atom is -0.507 e. The van der Waals surface area contributed by atoms with Crippen molar-refractivity contribution in [2.24, 2.45) is 0 Å². The molecule has 0 spiro atoms. The summed E-state index contributed by atoms with van der Waals surface area (Å²) in [6, 6.07) is 13.9. The Hall–Kier alpha value is -5.12. The molecule has 1 aliphatic rings. The minimum absolute atomic E-state index is 0.0237. The van der Waals surface area contributed by atoms with Crippen LogP contribution in [0.5, 0.6) is 23.0 Å². The predicted molar refractivity (Wildman–Crippen MR) is 230 cm³/mol. The summed E-state index contributed by atoms with van der Waals surface area (Å²) in [6.07, 6.45) is 8.33. The first-order chi connectivity index (χ1) is 27.4. The van der Waals surface area contributed by atoms with Crippen LogP contribution in [0.3, 0.4) is 0 Å². The van der Waals surface area contributed by atoms with Crippen molar-refractivity contribution in [2.75, 3.05) is 13.2 Å². The highest BCUT2D eigenvalue weighted by atomic mass is 16.6. The Kier molecular flexibility index (Phi) is 14.1. The van der Waals surface area contributed by atoms with Crippen molar-refractivity contribution in [1.29, 1.82) is 0 Å². The third kappa shape index (κ3) is 10.7. The number of unbranched alkanes of at least 4 members (excludes halogenated alkanes) is 6. The van der Waals surface area contributed by atoms with Crippen LogP contribution >= 0.6 is 0 Å². The van der Waals surface area contributed by atoms with Crippen LogP contribution in [0.4, 0.5) is 11.4 Å². The van der Waals surface area contributed by atoms with E-state index >= 15 is 0 Å². The number of hydrogen-bond acceptors (Lipinski definition) is 8. The zero-order valence-corrected chi connectivity index (χ0v) is 35.8. The summed E-state index contributed by atoms with van der Waals surface area (Å²) in [5.41, 5.74) is 5.45. The molecule has 1 aliphatic carbocycles. The predicted octanol–water partition coefficient (Wildman–Crippen LogP) is 12.1. The fourth-order valence-corrected chi connectivity index (χ4v) is 7.73. The maximum Gasteiger partial charge on any atom is 0.270 e. The summed E-state index contributed by atoms with van der Waals surface area (Å²) in [7, 11) is 0. The zero-order chi connectivity index (χ0) is 42.4. The average Bonchev–Trinajstić information content (AvgIpc) is 3.14. The Morgan fingerprint density at radius 1 is 0.500 bits per heavy atom. The molecule has 0 saturated heterocycles. The van der Waals surface area contributed by atoms with Crippen LogP contribution in [0.2, 0.25) is 0 Å². The van der Waals surface area contributed by atoms with Crippen LogP contribution in [-0.4, -0.2) is 33.3 Å². The van der Waals surface area contributed by atoms with Crippen molar-refractivity contribution >= 4 is 11.4 Å². The first-order valence-corrected chi connectivity index (χ1v) is 21.0. The molecule has 2 N–H and O–H groups in total. The van der Waals surface area contributed by atoms with E-state index in [0.29, 0.717) is 47.0 Å².